The highest BCUT2D eigenvalue weighted by Gasteiger charge is 2.41. The fraction of sp³-hybridized carbons (Fsp3) is 0.385. The summed E-state index contributed by atoms with van der Waals surface area (Å²) in [6.07, 6.45) is -4.65. The van der Waals surface area contributed by atoms with Gasteiger partial charge in [-0.15, -0.1) is 0 Å². The van der Waals surface area contributed by atoms with Gasteiger partial charge in [0.05, 0.1) is 13.7 Å². The maximum Gasteiger partial charge on any atom is 0.412 e. The number of ether oxygens (including phenoxy) is 1. The van der Waals surface area contributed by atoms with Gasteiger partial charge in [0.15, 0.2) is 6.04 Å². The number of alkyl halides is 3. The first-order valence-electron chi connectivity index (χ1n) is 5.98. The Bertz CT molecular complexity index is 500. The number of methoxy groups -OCH3 is 1. The summed E-state index contributed by atoms with van der Waals surface area (Å²) in [6.45, 7) is 0.649. The number of hydrogen-bond donors (Lipinski definition) is 2. The van der Waals surface area contributed by atoms with Crippen molar-refractivity contribution >= 4 is 11.8 Å². The molecule has 0 saturated heterocycles. The second-order valence-electron chi connectivity index (χ2n) is 4.23. The highest BCUT2D eigenvalue weighted by molar-refractivity contribution is 5.83. The van der Waals surface area contributed by atoms with Crippen molar-refractivity contribution < 1.29 is 27.5 Å². The molecule has 21 heavy (non-hydrogen) atoms. The van der Waals surface area contributed by atoms with E-state index in [9.17, 15) is 22.8 Å². The van der Waals surface area contributed by atoms with Crippen LogP contribution in [0.25, 0.3) is 0 Å². The fourth-order valence-electron chi connectivity index (χ4n) is 1.57. The van der Waals surface area contributed by atoms with Crippen LogP contribution in [0.4, 0.5) is 13.2 Å². The SMILES string of the molecule is COc1ccc(C(NC(=O)CNC(C)=O)C(F)(F)F)cc1. The van der Waals surface area contributed by atoms with Gasteiger partial charge in [-0.05, 0) is 17.7 Å². The van der Waals surface area contributed by atoms with E-state index in [0.29, 0.717) is 5.75 Å². The molecule has 2 amide bonds. The molecule has 0 aliphatic carbocycles. The second kappa shape index (κ2) is 6.96. The number of hydrogen-bond acceptors (Lipinski definition) is 3. The molecule has 1 aromatic rings. The summed E-state index contributed by atoms with van der Waals surface area (Å²) < 4.78 is 43.9. The minimum Gasteiger partial charge on any atom is -0.497 e. The molecule has 8 heteroatoms. The highest BCUT2D eigenvalue weighted by Crippen LogP contribution is 2.33. The zero-order valence-electron chi connectivity index (χ0n) is 11.5. The second-order valence-corrected chi connectivity index (χ2v) is 4.23. The average Bonchev–Trinajstić information content (AvgIpc) is 2.41. The van der Waals surface area contributed by atoms with Gasteiger partial charge in [0.2, 0.25) is 11.8 Å². The maximum atomic E-state index is 13.0. The lowest BCUT2D eigenvalue weighted by Crippen LogP contribution is -2.42. The van der Waals surface area contributed by atoms with E-state index in [1.165, 1.54) is 31.4 Å². The summed E-state index contributed by atoms with van der Waals surface area (Å²) in [7, 11) is 1.39. The van der Waals surface area contributed by atoms with Gasteiger partial charge in [0, 0.05) is 6.92 Å². The van der Waals surface area contributed by atoms with Crippen molar-refractivity contribution in [3.8, 4) is 5.75 Å². The first-order valence-corrected chi connectivity index (χ1v) is 5.98. The summed E-state index contributed by atoms with van der Waals surface area (Å²) in [5.41, 5.74) is -0.125. The van der Waals surface area contributed by atoms with E-state index in [4.69, 9.17) is 4.74 Å². The van der Waals surface area contributed by atoms with E-state index in [1.807, 2.05) is 5.32 Å². The van der Waals surface area contributed by atoms with Crippen LogP contribution in [0.15, 0.2) is 24.3 Å². The Kier molecular flexibility index (Phi) is 5.57. The van der Waals surface area contributed by atoms with Crippen LogP contribution in [0.2, 0.25) is 0 Å². The maximum absolute atomic E-state index is 13.0. The van der Waals surface area contributed by atoms with E-state index in [-0.39, 0.29) is 5.56 Å². The van der Waals surface area contributed by atoms with Crippen LogP contribution in [0.3, 0.4) is 0 Å². The lowest BCUT2D eigenvalue weighted by Gasteiger charge is -2.22. The van der Waals surface area contributed by atoms with Crippen molar-refractivity contribution in [3.63, 3.8) is 0 Å². The molecular formula is C13H15F3N2O3. The van der Waals surface area contributed by atoms with Crippen molar-refractivity contribution in [2.75, 3.05) is 13.7 Å². The predicted octanol–water partition coefficient (Wildman–Crippen LogP) is 1.55. The Labute approximate surface area is 119 Å². The molecule has 0 bridgehead atoms. The molecule has 1 aromatic carbocycles. The van der Waals surface area contributed by atoms with Crippen LogP contribution in [-0.2, 0) is 9.59 Å². The van der Waals surface area contributed by atoms with Crippen LogP contribution in [0.1, 0.15) is 18.5 Å². The lowest BCUT2D eigenvalue weighted by molar-refractivity contribution is -0.163. The molecule has 2 N–H and O–H groups in total. The van der Waals surface area contributed by atoms with E-state index in [1.54, 1.807) is 0 Å². The smallest absolute Gasteiger partial charge is 0.412 e. The first-order chi connectivity index (χ1) is 9.74. The van der Waals surface area contributed by atoms with Gasteiger partial charge in [-0.25, -0.2) is 0 Å². The molecule has 116 valence electrons. The monoisotopic (exact) mass is 304 g/mol. The number of amides is 2. The normalized spacial score (nSPS) is 12.4. The molecule has 0 saturated carbocycles. The van der Waals surface area contributed by atoms with E-state index < -0.39 is 30.6 Å². The van der Waals surface area contributed by atoms with Gasteiger partial charge in [0.25, 0.3) is 0 Å². The van der Waals surface area contributed by atoms with Crippen molar-refractivity contribution in [1.82, 2.24) is 10.6 Å². The fourth-order valence-corrected chi connectivity index (χ4v) is 1.57. The lowest BCUT2D eigenvalue weighted by atomic mass is 10.1. The number of benzene rings is 1. The van der Waals surface area contributed by atoms with E-state index >= 15 is 0 Å². The van der Waals surface area contributed by atoms with Crippen molar-refractivity contribution in [2.45, 2.75) is 19.1 Å². The van der Waals surface area contributed by atoms with E-state index in [2.05, 4.69) is 5.32 Å². The summed E-state index contributed by atoms with van der Waals surface area (Å²) in [4.78, 5) is 22.1. The molecule has 0 radical (unpaired) electrons. The molecule has 1 atom stereocenters. The Hall–Kier alpha value is -2.25. The molecule has 0 fully saturated rings. The van der Waals surface area contributed by atoms with Crippen molar-refractivity contribution in [2.24, 2.45) is 0 Å². The predicted molar refractivity (Wildman–Crippen MR) is 68.6 cm³/mol. The summed E-state index contributed by atoms with van der Waals surface area (Å²) in [5.74, 6) is -1.02. The molecule has 0 spiro atoms. The van der Waals surface area contributed by atoms with Crippen molar-refractivity contribution in [1.29, 1.82) is 0 Å². The Morgan fingerprint density at radius 2 is 1.81 bits per heavy atom. The Balaban J connectivity index is 2.85. The topological polar surface area (TPSA) is 67.4 Å². The minimum absolute atomic E-state index is 0.125. The summed E-state index contributed by atoms with van der Waals surface area (Å²) in [5, 5.41) is 3.98. The number of carbonyl (C=O) groups excluding carboxylic acids is 2. The van der Waals surface area contributed by atoms with Crippen LogP contribution in [-0.4, -0.2) is 31.6 Å². The molecule has 0 aliphatic rings. The van der Waals surface area contributed by atoms with Crippen LogP contribution in [0.5, 0.6) is 5.75 Å². The molecule has 0 aromatic heterocycles. The van der Waals surface area contributed by atoms with Gasteiger partial charge >= 0.3 is 6.18 Å². The third-order valence-corrected chi connectivity index (χ3v) is 2.58. The molecule has 0 heterocycles. The standard InChI is InChI=1S/C13H15F3N2O3/c1-8(19)17-7-11(20)18-12(13(14,15)16)9-3-5-10(21-2)6-4-9/h3-6,12H,7H2,1-2H3,(H,17,19)(H,18,20). The average molecular weight is 304 g/mol. The number of halogens is 3. The van der Waals surface area contributed by atoms with Gasteiger partial charge in [-0.3, -0.25) is 9.59 Å². The van der Waals surface area contributed by atoms with Crippen molar-refractivity contribution in [3.05, 3.63) is 29.8 Å². The number of nitrogens with one attached hydrogen (secondary N) is 2. The van der Waals surface area contributed by atoms with Gasteiger partial charge in [0.1, 0.15) is 5.75 Å². The third-order valence-electron chi connectivity index (χ3n) is 2.58. The first kappa shape index (κ1) is 16.8. The van der Waals surface area contributed by atoms with Gasteiger partial charge in [-0.1, -0.05) is 12.1 Å². The third kappa shape index (κ3) is 5.33. The minimum atomic E-state index is -4.65. The highest BCUT2D eigenvalue weighted by atomic mass is 19.4. The van der Waals surface area contributed by atoms with Gasteiger partial charge < -0.3 is 15.4 Å². The van der Waals surface area contributed by atoms with Crippen LogP contribution >= 0.6 is 0 Å². The zero-order valence-corrected chi connectivity index (χ0v) is 11.5. The Morgan fingerprint density at radius 3 is 2.24 bits per heavy atom. The molecular weight excluding hydrogens is 289 g/mol. The Morgan fingerprint density at radius 1 is 1.24 bits per heavy atom. The molecule has 0 aliphatic heterocycles. The molecule has 1 rings (SSSR count). The molecule has 5 nitrogen and oxygen atoms in total. The van der Waals surface area contributed by atoms with Crippen LogP contribution in [0, 0.1) is 0 Å². The quantitative estimate of drug-likeness (QED) is 0.867. The molecule has 1 unspecified atom stereocenters. The summed E-state index contributed by atoms with van der Waals surface area (Å²) in [6, 6.07) is 3.03. The largest absolute Gasteiger partial charge is 0.497 e. The van der Waals surface area contributed by atoms with Crippen LogP contribution < -0.4 is 15.4 Å². The summed E-state index contributed by atoms with van der Waals surface area (Å²) >= 11 is 0. The zero-order chi connectivity index (χ0) is 16.0. The number of rotatable bonds is 5. The van der Waals surface area contributed by atoms with Gasteiger partial charge in [-0.2, -0.15) is 13.2 Å². The number of carbonyl (C=O) groups is 2. The van der Waals surface area contributed by atoms with E-state index in [0.717, 1.165) is 6.92 Å².